The Morgan fingerprint density at radius 2 is 1.89 bits per heavy atom. The highest BCUT2D eigenvalue weighted by atomic mass is 19.4. The molecule has 1 saturated heterocycles. The summed E-state index contributed by atoms with van der Waals surface area (Å²) in [6.45, 7) is 0.624. The molecule has 2 unspecified atom stereocenters. The first-order chi connectivity index (χ1) is 8.46. The maximum Gasteiger partial charge on any atom is 0.573 e. The van der Waals surface area contributed by atoms with E-state index in [1.54, 1.807) is 12.1 Å². The quantitative estimate of drug-likeness (QED) is 0.890. The lowest BCUT2D eigenvalue weighted by Crippen LogP contribution is -2.34. The molecule has 3 nitrogen and oxygen atoms in total. The summed E-state index contributed by atoms with van der Waals surface area (Å²) in [4.78, 5) is 0. The van der Waals surface area contributed by atoms with Gasteiger partial charge in [-0.3, -0.25) is 0 Å². The van der Waals surface area contributed by atoms with Crippen LogP contribution in [0.4, 0.5) is 13.2 Å². The van der Waals surface area contributed by atoms with Crippen molar-refractivity contribution in [3.8, 4) is 5.75 Å². The monoisotopic (exact) mass is 261 g/mol. The largest absolute Gasteiger partial charge is 0.573 e. The molecule has 18 heavy (non-hydrogen) atoms. The Labute approximate surface area is 103 Å². The lowest BCUT2D eigenvalue weighted by atomic mass is 9.97. The van der Waals surface area contributed by atoms with Crippen molar-refractivity contribution in [3.63, 3.8) is 0 Å². The number of rotatable bonds is 2. The third-order valence-corrected chi connectivity index (χ3v) is 2.81. The summed E-state index contributed by atoms with van der Waals surface area (Å²) in [6, 6.07) is 5.53. The van der Waals surface area contributed by atoms with Crippen LogP contribution in [0.2, 0.25) is 0 Å². The average molecular weight is 261 g/mol. The van der Waals surface area contributed by atoms with Crippen LogP contribution in [0.25, 0.3) is 0 Å². The Morgan fingerprint density at radius 1 is 1.22 bits per heavy atom. The zero-order valence-electron chi connectivity index (χ0n) is 9.61. The summed E-state index contributed by atoms with van der Waals surface area (Å²) < 4.78 is 45.3. The van der Waals surface area contributed by atoms with Gasteiger partial charge in [0.15, 0.2) is 0 Å². The van der Waals surface area contributed by atoms with Crippen molar-refractivity contribution in [1.29, 1.82) is 0 Å². The smallest absolute Gasteiger partial charge is 0.406 e. The molecule has 1 aromatic carbocycles. The molecule has 2 rings (SSSR count). The van der Waals surface area contributed by atoms with Gasteiger partial charge in [0, 0.05) is 12.6 Å². The van der Waals surface area contributed by atoms with Crippen molar-refractivity contribution in [1.82, 2.24) is 0 Å². The molecule has 0 spiro atoms. The summed E-state index contributed by atoms with van der Waals surface area (Å²) in [6.07, 6.45) is -3.16. The number of nitrogens with two attached hydrogens (primary N) is 1. The van der Waals surface area contributed by atoms with E-state index in [4.69, 9.17) is 10.5 Å². The molecule has 1 aliphatic heterocycles. The Hall–Kier alpha value is -1.27. The van der Waals surface area contributed by atoms with Crippen LogP contribution in [-0.2, 0) is 4.74 Å². The fourth-order valence-corrected chi connectivity index (χ4v) is 2.01. The summed E-state index contributed by atoms with van der Waals surface area (Å²) in [7, 11) is 0. The van der Waals surface area contributed by atoms with Crippen LogP contribution in [0.5, 0.6) is 5.75 Å². The number of hydrogen-bond acceptors (Lipinski definition) is 3. The number of halogens is 3. The maximum atomic E-state index is 12.0. The lowest BCUT2D eigenvalue weighted by Gasteiger charge is -2.29. The Kier molecular flexibility index (Phi) is 3.77. The van der Waals surface area contributed by atoms with Gasteiger partial charge in [-0.1, -0.05) is 12.1 Å². The van der Waals surface area contributed by atoms with Gasteiger partial charge < -0.3 is 15.2 Å². The molecule has 0 amide bonds. The van der Waals surface area contributed by atoms with E-state index in [1.165, 1.54) is 12.1 Å². The van der Waals surface area contributed by atoms with Crippen molar-refractivity contribution in [2.24, 2.45) is 5.73 Å². The highest BCUT2D eigenvalue weighted by Crippen LogP contribution is 2.29. The van der Waals surface area contributed by atoms with Gasteiger partial charge in [0.05, 0.1) is 6.10 Å². The molecular weight excluding hydrogens is 247 g/mol. The second kappa shape index (κ2) is 5.16. The van der Waals surface area contributed by atoms with Crippen molar-refractivity contribution < 1.29 is 22.6 Å². The first kappa shape index (κ1) is 13.2. The molecule has 0 aliphatic carbocycles. The molecule has 0 bridgehead atoms. The van der Waals surface area contributed by atoms with Gasteiger partial charge >= 0.3 is 6.36 Å². The molecule has 0 aromatic heterocycles. The first-order valence-electron chi connectivity index (χ1n) is 5.68. The van der Waals surface area contributed by atoms with Gasteiger partial charge in [-0.2, -0.15) is 0 Å². The minimum Gasteiger partial charge on any atom is -0.406 e. The van der Waals surface area contributed by atoms with Crippen LogP contribution in [0, 0.1) is 0 Å². The number of alkyl halides is 3. The maximum absolute atomic E-state index is 12.0. The van der Waals surface area contributed by atoms with E-state index >= 15 is 0 Å². The molecule has 100 valence electrons. The van der Waals surface area contributed by atoms with Gasteiger partial charge in [0.1, 0.15) is 5.75 Å². The van der Waals surface area contributed by atoms with E-state index in [1.807, 2.05) is 0 Å². The highest BCUT2D eigenvalue weighted by Gasteiger charge is 2.31. The Morgan fingerprint density at radius 3 is 2.44 bits per heavy atom. The van der Waals surface area contributed by atoms with Crippen LogP contribution in [0.3, 0.4) is 0 Å². The molecule has 1 fully saturated rings. The molecule has 1 aromatic rings. The van der Waals surface area contributed by atoms with E-state index in [9.17, 15) is 13.2 Å². The van der Waals surface area contributed by atoms with E-state index < -0.39 is 6.36 Å². The third kappa shape index (κ3) is 3.36. The van der Waals surface area contributed by atoms with E-state index in [-0.39, 0.29) is 17.9 Å². The molecule has 2 N–H and O–H groups in total. The standard InChI is InChI=1S/C12H14F3NO2/c13-12(14,15)18-9-5-3-8(4-6-9)11-10(16)2-1-7-17-11/h3-6,10-11H,1-2,7,16H2. The topological polar surface area (TPSA) is 44.5 Å². The number of hydrogen-bond donors (Lipinski definition) is 1. The predicted molar refractivity (Wildman–Crippen MR) is 59.0 cm³/mol. The van der Waals surface area contributed by atoms with Crippen molar-refractivity contribution in [2.45, 2.75) is 31.3 Å². The number of benzene rings is 1. The molecule has 6 heteroatoms. The minimum atomic E-state index is -4.67. The molecular formula is C12H14F3NO2. The van der Waals surface area contributed by atoms with Crippen LogP contribution < -0.4 is 10.5 Å². The summed E-state index contributed by atoms with van der Waals surface area (Å²) in [5.41, 5.74) is 6.69. The van der Waals surface area contributed by atoms with Crippen LogP contribution >= 0.6 is 0 Å². The lowest BCUT2D eigenvalue weighted by molar-refractivity contribution is -0.274. The van der Waals surface area contributed by atoms with Crippen molar-refractivity contribution in [3.05, 3.63) is 29.8 Å². The minimum absolute atomic E-state index is 0.117. The molecule has 0 radical (unpaired) electrons. The van der Waals surface area contributed by atoms with Gasteiger partial charge in [0.2, 0.25) is 0 Å². The number of ether oxygens (including phenoxy) is 2. The van der Waals surface area contributed by atoms with E-state index in [0.29, 0.717) is 6.61 Å². The van der Waals surface area contributed by atoms with E-state index in [2.05, 4.69) is 4.74 Å². The second-order valence-corrected chi connectivity index (χ2v) is 4.21. The Bertz CT molecular complexity index is 391. The normalized spacial score (nSPS) is 24.9. The average Bonchev–Trinajstić information content (AvgIpc) is 2.29. The zero-order valence-corrected chi connectivity index (χ0v) is 9.61. The van der Waals surface area contributed by atoms with Crippen LogP contribution in [0.15, 0.2) is 24.3 Å². The van der Waals surface area contributed by atoms with Gasteiger partial charge in [0.25, 0.3) is 0 Å². The zero-order chi connectivity index (χ0) is 13.2. The highest BCUT2D eigenvalue weighted by molar-refractivity contribution is 5.29. The molecule has 1 heterocycles. The SMILES string of the molecule is NC1CCCOC1c1ccc(OC(F)(F)F)cc1. The van der Waals surface area contributed by atoms with Gasteiger partial charge in [-0.15, -0.1) is 13.2 Å². The fraction of sp³-hybridized carbons (Fsp3) is 0.500. The second-order valence-electron chi connectivity index (χ2n) is 4.21. The Balaban J connectivity index is 2.07. The summed E-state index contributed by atoms with van der Waals surface area (Å²) >= 11 is 0. The van der Waals surface area contributed by atoms with E-state index in [0.717, 1.165) is 18.4 Å². The summed E-state index contributed by atoms with van der Waals surface area (Å²) in [5.74, 6) is -0.240. The molecule has 2 atom stereocenters. The van der Waals surface area contributed by atoms with Crippen LogP contribution in [0.1, 0.15) is 24.5 Å². The molecule has 1 aliphatic rings. The van der Waals surface area contributed by atoms with Gasteiger partial charge in [-0.25, -0.2) is 0 Å². The fourth-order valence-electron chi connectivity index (χ4n) is 2.01. The third-order valence-electron chi connectivity index (χ3n) is 2.81. The molecule has 0 saturated carbocycles. The summed E-state index contributed by atoms with van der Waals surface area (Å²) in [5, 5.41) is 0. The van der Waals surface area contributed by atoms with Crippen molar-refractivity contribution >= 4 is 0 Å². The van der Waals surface area contributed by atoms with Crippen LogP contribution in [-0.4, -0.2) is 19.0 Å². The first-order valence-corrected chi connectivity index (χ1v) is 5.68. The van der Waals surface area contributed by atoms with Crippen molar-refractivity contribution in [2.75, 3.05) is 6.61 Å². The predicted octanol–water partition coefficient (Wildman–Crippen LogP) is 2.76. The van der Waals surface area contributed by atoms with Gasteiger partial charge in [-0.05, 0) is 30.5 Å².